The van der Waals surface area contributed by atoms with E-state index in [0.717, 1.165) is 38.5 Å². The molecule has 0 amide bonds. The first kappa shape index (κ1) is 24.2. The van der Waals surface area contributed by atoms with E-state index in [4.69, 9.17) is 9.47 Å². The van der Waals surface area contributed by atoms with Crippen LogP contribution in [0.1, 0.15) is 78.4 Å². The highest BCUT2D eigenvalue weighted by Crippen LogP contribution is 2.26. The van der Waals surface area contributed by atoms with Crippen molar-refractivity contribution in [1.82, 2.24) is 0 Å². The molecule has 1 rings (SSSR count). The van der Waals surface area contributed by atoms with Gasteiger partial charge in [0, 0.05) is 0 Å². The fourth-order valence-electron chi connectivity index (χ4n) is 3.20. The van der Waals surface area contributed by atoms with Crippen LogP contribution in [-0.4, -0.2) is 25.2 Å². The lowest BCUT2D eigenvalue weighted by atomic mass is 9.86. The minimum atomic E-state index is -0.429. The maximum atomic E-state index is 12.0. The van der Waals surface area contributed by atoms with Crippen molar-refractivity contribution in [3.05, 3.63) is 35.4 Å². The molecule has 0 heterocycles. The summed E-state index contributed by atoms with van der Waals surface area (Å²) >= 11 is 0. The fourth-order valence-corrected chi connectivity index (χ4v) is 3.20. The van der Waals surface area contributed by atoms with Gasteiger partial charge in [0.2, 0.25) is 0 Å². The monoisotopic (exact) mass is 390 g/mol. The predicted molar refractivity (Wildman–Crippen MR) is 113 cm³/mol. The van der Waals surface area contributed by atoms with Crippen LogP contribution in [0.25, 0.3) is 0 Å². The van der Waals surface area contributed by atoms with E-state index in [0.29, 0.717) is 13.2 Å². The third kappa shape index (κ3) is 8.04. The van der Waals surface area contributed by atoms with Crippen LogP contribution >= 0.6 is 0 Å². The minimum absolute atomic E-state index is 0.115. The molecular weight excluding hydrogens is 352 g/mol. The lowest BCUT2D eigenvalue weighted by Gasteiger charge is -2.22. The maximum absolute atomic E-state index is 12.0. The number of aryl methyl sites for hydroxylation is 2. The summed E-state index contributed by atoms with van der Waals surface area (Å²) < 4.78 is 10.3. The fraction of sp³-hybridized carbons (Fsp3) is 0.667. The quantitative estimate of drug-likeness (QED) is 0.442. The van der Waals surface area contributed by atoms with Gasteiger partial charge in [-0.1, -0.05) is 24.3 Å². The number of ether oxygens (including phenoxy) is 2. The van der Waals surface area contributed by atoms with E-state index in [1.807, 2.05) is 41.5 Å². The molecule has 0 fully saturated rings. The molecule has 0 aliphatic carbocycles. The summed E-state index contributed by atoms with van der Waals surface area (Å²) in [6.45, 7) is 12.3. The molecule has 0 N–H and O–H groups in total. The Morgan fingerprint density at radius 2 is 1.04 bits per heavy atom. The molecular formula is C24H38O4. The summed E-state index contributed by atoms with van der Waals surface area (Å²) in [5.41, 5.74) is 1.72. The number of rotatable bonds is 12. The number of hydrogen-bond acceptors (Lipinski definition) is 4. The highest BCUT2D eigenvalue weighted by molar-refractivity contribution is 5.76. The first-order chi connectivity index (χ1) is 13.1. The van der Waals surface area contributed by atoms with Crippen LogP contribution in [0.3, 0.4) is 0 Å². The molecule has 0 aliphatic rings. The summed E-state index contributed by atoms with van der Waals surface area (Å²) in [6, 6.07) is 8.68. The normalized spacial score (nSPS) is 11.9. The molecule has 0 saturated carbocycles. The van der Waals surface area contributed by atoms with Gasteiger partial charge in [-0.2, -0.15) is 0 Å². The van der Waals surface area contributed by atoms with Crippen molar-refractivity contribution in [2.75, 3.05) is 13.2 Å². The van der Waals surface area contributed by atoms with Gasteiger partial charge in [0.25, 0.3) is 0 Å². The summed E-state index contributed by atoms with van der Waals surface area (Å²) in [6.07, 6.45) is 5.46. The SMILES string of the molecule is CCOC(=O)C(C)(C)CCCc1ccc(CCCC(C)(C)C(=O)OCC)cc1. The Balaban J connectivity index is 2.41. The van der Waals surface area contributed by atoms with Crippen LogP contribution in [-0.2, 0) is 31.9 Å². The van der Waals surface area contributed by atoms with E-state index in [1.165, 1.54) is 11.1 Å². The molecule has 4 heteroatoms. The van der Waals surface area contributed by atoms with Crippen molar-refractivity contribution >= 4 is 11.9 Å². The number of benzene rings is 1. The van der Waals surface area contributed by atoms with Gasteiger partial charge < -0.3 is 9.47 Å². The summed E-state index contributed by atoms with van der Waals surface area (Å²) in [4.78, 5) is 23.9. The van der Waals surface area contributed by atoms with E-state index in [1.54, 1.807) is 0 Å². The summed E-state index contributed by atoms with van der Waals surface area (Å²) in [5.74, 6) is -0.229. The van der Waals surface area contributed by atoms with Crippen molar-refractivity contribution in [3.63, 3.8) is 0 Å². The molecule has 0 atom stereocenters. The van der Waals surface area contributed by atoms with Gasteiger partial charge in [-0.3, -0.25) is 9.59 Å². The van der Waals surface area contributed by atoms with Gasteiger partial charge in [0.15, 0.2) is 0 Å². The summed E-state index contributed by atoms with van der Waals surface area (Å²) in [7, 11) is 0. The van der Waals surface area contributed by atoms with Crippen molar-refractivity contribution < 1.29 is 19.1 Å². The smallest absolute Gasteiger partial charge is 0.311 e. The Morgan fingerprint density at radius 1 is 0.714 bits per heavy atom. The average molecular weight is 391 g/mol. The topological polar surface area (TPSA) is 52.6 Å². The van der Waals surface area contributed by atoms with Crippen molar-refractivity contribution in [2.45, 2.75) is 80.1 Å². The van der Waals surface area contributed by atoms with E-state index >= 15 is 0 Å². The molecule has 1 aromatic carbocycles. The Hall–Kier alpha value is -1.84. The second-order valence-electron chi connectivity index (χ2n) is 8.73. The first-order valence-corrected chi connectivity index (χ1v) is 10.5. The van der Waals surface area contributed by atoms with Crippen molar-refractivity contribution in [1.29, 1.82) is 0 Å². The van der Waals surface area contributed by atoms with Gasteiger partial charge in [-0.25, -0.2) is 0 Å². The molecule has 1 aromatic rings. The van der Waals surface area contributed by atoms with Gasteiger partial charge in [-0.15, -0.1) is 0 Å². The first-order valence-electron chi connectivity index (χ1n) is 10.5. The zero-order chi connectivity index (χ0) is 21.2. The Kier molecular flexibility index (Phi) is 9.71. The van der Waals surface area contributed by atoms with Crippen LogP contribution in [0, 0.1) is 10.8 Å². The lowest BCUT2D eigenvalue weighted by molar-refractivity contribution is -0.154. The zero-order valence-electron chi connectivity index (χ0n) is 18.6. The number of esters is 2. The third-order valence-electron chi connectivity index (χ3n) is 5.21. The van der Waals surface area contributed by atoms with Gasteiger partial charge in [0.1, 0.15) is 0 Å². The van der Waals surface area contributed by atoms with Crippen LogP contribution in [0.2, 0.25) is 0 Å². The van der Waals surface area contributed by atoms with Gasteiger partial charge in [0.05, 0.1) is 24.0 Å². The van der Waals surface area contributed by atoms with Crippen LogP contribution in [0.15, 0.2) is 24.3 Å². The molecule has 0 aliphatic heterocycles. The zero-order valence-corrected chi connectivity index (χ0v) is 18.6. The highest BCUT2D eigenvalue weighted by Gasteiger charge is 2.29. The van der Waals surface area contributed by atoms with E-state index in [-0.39, 0.29) is 11.9 Å². The molecule has 0 radical (unpaired) electrons. The second kappa shape index (κ2) is 11.2. The van der Waals surface area contributed by atoms with Crippen LogP contribution in [0.5, 0.6) is 0 Å². The lowest BCUT2D eigenvalue weighted by Crippen LogP contribution is -2.26. The average Bonchev–Trinajstić information content (AvgIpc) is 2.63. The van der Waals surface area contributed by atoms with Crippen molar-refractivity contribution in [3.8, 4) is 0 Å². The van der Waals surface area contributed by atoms with Gasteiger partial charge >= 0.3 is 11.9 Å². The molecule has 0 unspecified atom stereocenters. The molecule has 0 aromatic heterocycles. The van der Waals surface area contributed by atoms with Crippen LogP contribution in [0.4, 0.5) is 0 Å². The maximum Gasteiger partial charge on any atom is 0.311 e. The number of carbonyl (C=O) groups is 2. The summed E-state index contributed by atoms with van der Waals surface area (Å²) in [5, 5.41) is 0. The van der Waals surface area contributed by atoms with Gasteiger partial charge in [-0.05, 0) is 91.2 Å². The van der Waals surface area contributed by atoms with Crippen LogP contribution < -0.4 is 0 Å². The Bertz CT molecular complexity index is 559. The standard InChI is InChI=1S/C24H38O4/c1-7-27-21(25)23(3,4)17-9-11-19-13-15-20(16-14-19)12-10-18-24(5,6)22(26)28-8-2/h13-16H,7-12,17-18H2,1-6H3. The number of hydrogen-bond donors (Lipinski definition) is 0. The molecule has 0 spiro atoms. The van der Waals surface area contributed by atoms with E-state index < -0.39 is 10.8 Å². The molecule has 0 saturated heterocycles. The Morgan fingerprint density at radius 3 is 1.32 bits per heavy atom. The molecule has 0 bridgehead atoms. The number of carbonyl (C=O) groups excluding carboxylic acids is 2. The highest BCUT2D eigenvalue weighted by atomic mass is 16.5. The second-order valence-corrected chi connectivity index (χ2v) is 8.73. The largest absolute Gasteiger partial charge is 0.466 e. The molecule has 158 valence electrons. The predicted octanol–water partition coefficient (Wildman–Crippen LogP) is 5.51. The minimum Gasteiger partial charge on any atom is -0.466 e. The molecule has 4 nitrogen and oxygen atoms in total. The van der Waals surface area contributed by atoms with E-state index in [9.17, 15) is 9.59 Å². The Labute approximate surface area is 171 Å². The van der Waals surface area contributed by atoms with E-state index in [2.05, 4.69) is 24.3 Å². The molecule has 28 heavy (non-hydrogen) atoms. The van der Waals surface area contributed by atoms with Crippen molar-refractivity contribution in [2.24, 2.45) is 10.8 Å². The third-order valence-corrected chi connectivity index (χ3v) is 5.21.